The summed E-state index contributed by atoms with van der Waals surface area (Å²) in [6, 6.07) is 5.70. The Kier molecular flexibility index (Phi) is 4.29. The highest BCUT2D eigenvalue weighted by Gasteiger charge is 2.56. The summed E-state index contributed by atoms with van der Waals surface area (Å²) in [6.45, 7) is 2.51. The van der Waals surface area contributed by atoms with Crippen LogP contribution in [0.1, 0.15) is 24.0 Å². The van der Waals surface area contributed by atoms with Gasteiger partial charge in [0.1, 0.15) is 0 Å². The lowest BCUT2D eigenvalue weighted by molar-refractivity contribution is -0.243. The second-order valence-corrected chi connectivity index (χ2v) is 6.12. The molecule has 1 fully saturated rings. The van der Waals surface area contributed by atoms with Gasteiger partial charge in [0, 0.05) is 38.0 Å². The summed E-state index contributed by atoms with van der Waals surface area (Å²) in [7, 11) is 0. The van der Waals surface area contributed by atoms with Crippen molar-refractivity contribution < 1.29 is 17.6 Å². The van der Waals surface area contributed by atoms with Gasteiger partial charge in [-0.05, 0) is 29.3 Å². The summed E-state index contributed by atoms with van der Waals surface area (Å²) in [4.78, 5) is 1.83. The number of alkyl halides is 4. The number of benzene rings is 1. The van der Waals surface area contributed by atoms with Gasteiger partial charge in [-0.15, -0.1) is 10.2 Å². The van der Waals surface area contributed by atoms with Crippen LogP contribution in [-0.4, -0.2) is 50.5 Å². The number of hydrogen-bond donors (Lipinski definition) is 1. The summed E-state index contributed by atoms with van der Waals surface area (Å²) in [6.07, 6.45) is -5.85. The van der Waals surface area contributed by atoms with Crippen LogP contribution in [0.4, 0.5) is 17.6 Å². The minimum atomic E-state index is -4.80. The molecule has 2 aromatic rings. The molecule has 0 spiro atoms. The quantitative estimate of drug-likeness (QED) is 0.871. The number of nitrogens with one attached hydrogen (secondary N) is 1. The van der Waals surface area contributed by atoms with Crippen LogP contribution in [0.2, 0.25) is 0 Å². The molecule has 0 atom stereocenters. The molecule has 9 heteroatoms. The van der Waals surface area contributed by atoms with Gasteiger partial charge in [-0.3, -0.25) is 4.90 Å². The first-order valence-electron chi connectivity index (χ1n) is 7.60. The number of nitrogens with zero attached hydrogens (tertiary/aromatic N) is 4. The molecule has 0 bridgehead atoms. The minimum Gasteiger partial charge on any atom is -0.299 e. The minimum absolute atomic E-state index is 0.0709. The maximum absolute atomic E-state index is 13.9. The summed E-state index contributed by atoms with van der Waals surface area (Å²) in [5.41, 5.74) is -0.363. The van der Waals surface area contributed by atoms with Crippen LogP contribution in [0, 0.1) is 6.92 Å². The van der Waals surface area contributed by atoms with Crippen LogP contribution in [0.15, 0.2) is 18.2 Å². The predicted octanol–water partition coefficient (Wildman–Crippen LogP) is 3.04. The van der Waals surface area contributed by atoms with Crippen molar-refractivity contribution in [1.82, 2.24) is 25.5 Å². The molecule has 130 valence electrons. The van der Waals surface area contributed by atoms with E-state index in [1.54, 1.807) is 0 Å². The number of tetrazole rings is 1. The van der Waals surface area contributed by atoms with Gasteiger partial charge in [-0.1, -0.05) is 12.1 Å². The lowest BCUT2D eigenvalue weighted by Crippen LogP contribution is -2.50. The van der Waals surface area contributed by atoms with Gasteiger partial charge in [-0.25, -0.2) is 4.39 Å². The zero-order chi connectivity index (χ0) is 17.4. The third kappa shape index (κ3) is 3.26. The van der Waals surface area contributed by atoms with E-state index in [1.807, 2.05) is 30.0 Å². The molecule has 24 heavy (non-hydrogen) atoms. The number of hydrogen-bond acceptors (Lipinski definition) is 4. The third-order valence-corrected chi connectivity index (χ3v) is 4.45. The van der Waals surface area contributed by atoms with Crippen LogP contribution in [0.25, 0.3) is 11.4 Å². The number of piperidine rings is 1. The van der Waals surface area contributed by atoms with E-state index in [9.17, 15) is 17.6 Å². The highest BCUT2D eigenvalue weighted by Crippen LogP contribution is 2.41. The first-order chi connectivity index (χ1) is 11.3. The Morgan fingerprint density at radius 1 is 1.25 bits per heavy atom. The zero-order valence-electron chi connectivity index (χ0n) is 13.1. The molecule has 1 aromatic heterocycles. The third-order valence-electron chi connectivity index (χ3n) is 4.45. The Morgan fingerprint density at radius 3 is 2.54 bits per heavy atom. The summed E-state index contributed by atoms with van der Waals surface area (Å²) in [5.74, 6) is 0.466. The van der Waals surface area contributed by atoms with Crippen LogP contribution < -0.4 is 0 Å². The van der Waals surface area contributed by atoms with E-state index in [2.05, 4.69) is 20.6 Å². The molecule has 1 aromatic carbocycles. The van der Waals surface area contributed by atoms with Crippen molar-refractivity contribution in [3.63, 3.8) is 0 Å². The van der Waals surface area contributed by atoms with Crippen molar-refractivity contribution in [2.75, 3.05) is 13.1 Å². The number of halogens is 4. The van der Waals surface area contributed by atoms with Crippen molar-refractivity contribution in [1.29, 1.82) is 0 Å². The fourth-order valence-corrected chi connectivity index (χ4v) is 2.89. The molecule has 0 radical (unpaired) electrons. The van der Waals surface area contributed by atoms with E-state index in [-0.39, 0.29) is 13.1 Å². The Hall–Kier alpha value is -2.03. The van der Waals surface area contributed by atoms with Gasteiger partial charge < -0.3 is 0 Å². The van der Waals surface area contributed by atoms with Crippen LogP contribution in [0.5, 0.6) is 0 Å². The van der Waals surface area contributed by atoms with Gasteiger partial charge in [-0.2, -0.15) is 18.4 Å². The number of aryl methyl sites for hydroxylation is 1. The van der Waals surface area contributed by atoms with Crippen LogP contribution in [-0.2, 0) is 6.54 Å². The van der Waals surface area contributed by atoms with E-state index < -0.39 is 24.7 Å². The molecule has 1 aliphatic heterocycles. The molecular weight excluding hydrogens is 326 g/mol. The average Bonchev–Trinajstić information content (AvgIpc) is 3.04. The molecule has 0 unspecified atom stereocenters. The number of aromatic nitrogens is 4. The van der Waals surface area contributed by atoms with E-state index in [0.717, 1.165) is 16.7 Å². The van der Waals surface area contributed by atoms with E-state index >= 15 is 0 Å². The zero-order valence-corrected chi connectivity index (χ0v) is 13.1. The first-order valence-corrected chi connectivity index (χ1v) is 7.60. The van der Waals surface area contributed by atoms with Crippen molar-refractivity contribution in [2.45, 2.75) is 38.2 Å². The monoisotopic (exact) mass is 343 g/mol. The lowest BCUT2D eigenvalue weighted by Gasteiger charge is -2.37. The van der Waals surface area contributed by atoms with E-state index in [0.29, 0.717) is 12.4 Å². The molecule has 5 nitrogen and oxygen atoms in total. The lowest BCUT2D eigenvalue weighted by atomic mass is 9.92. The SMILES string of the molecule is Cc1ccc(CN2CCC(F)(C(F)(F)F)CC2)cc1-c1nn[nH]n1. The van der Waals surface area contributed by atoms with E-state index in [1.165, 1.54) is 0 Å². The highest BCUT2D eigenvalue weighted by molar-refractivity contribution is 5.60. The van der Waals surface area contributed by atoms with Crippen molar-refractivity contribution in [2.24, 2.45) is 0 Å². The largest absolute Gasteiger partial charge is 0.422 e. The topological polar surface area (TPSA) is 57.7 Å². The Bertz CT molecular complexity index is 690. The molecule has 0 aliphatic carbocycles. The maximum atomic E-state index is 13.9. The molecule has 1 saturated heterocycles. The smallest absolute Gasteiger partial charge is 0.299 e. The maximum Gasteiger partial charge on any atom is 0.422 e. The molecule has 0 saturated carbocycles. The van der Waals surface area contributed by atoms with Gasteiger partial charge in [0.15, 0.2) is 0 Å². The van der Waals surface area contributed by atoms with Crippen LogP contribution in [0.3, 0.4) is 0 Å². The highest BCUT2D eigenvalue weighted by atomic mass is 19.4. The molecular formula is C15H17F4N5. The van der Waals surface area contributed by atoms with Gasteiger partial charge in [0.05, 0.1) is 0 Å². The number of likely N-dealkylation sites (tertiary alicyclic amines) is 1. The fraction of sp³-hybridized carbons (Fsp3) is 0.533. The summed E-state index contributed by atoms with van der Waals surface area (Å²) >= 11 is 0. The molecule has 3 rings (SSSR count). The number of rotatable bonds is 3. The molecule has 1 aliphatic rings. The molecule has 0 amide bonds. The second kappa shape index (κ2) is 6.12. The molecule has 2 heterocycles. The Morgan fingerprint density at radius 2 is 1.96 bits per heavy atom. The first kappa shape index (κ1) is 16.8. The number of aromatic amines is 1. The molecule has 1 N–H and O–H groups in total. The van der Waals surface area contributed by atoms with Crippen molar-refractivity contribution in [3.05, 3.63) is 29.3 Å². The number of H-pyrrole nitrogens is 1. The van der Waals surface area contributed by atoms with Gasteiger partial charge in [0.25, 0.3) is 0 Å². The van der Waals surface area contributed by atoms with Gasteiger partial charge in [0.2, 0.25) is 11.5 Å². The van der Waals surface area contributed by atoms with Crippen LogP contribution >= 0.6 is 0 Å². The predicted molar refractivity (Wildman–Crippen MR) is 78.8 cm³/mol. The Balaban J connectivity index is 1.69. The summed E-state index contributed by atoms with van der Waals surface area (Å²) in [5, 5.41) is 13.8. The normalized spacial score (nSPS) is 18.7. The van der Waals surface area contributed by atoms with Crippen molar-refractivity contribution >= 4 is 0 Å². The fourth-order valence-electron chi connectivity index (χ4n) is 2.89. The Labute approximate surface area is 136 Å². The average molecular weight is 343 g/mol. The van der Waals surface area contributed by atoms with Gasteiger partial charge >= 0.3 is 6.18 Å². The standard InChI is InChI=1S/C15H17F4N5/c1-10-2-3-11(8-12(10)13-20-22-23-21-13)9-24-6-4-14(16,5-7-24)15(17,18)19/h2-3,8H,4-7,9H2,1H3,(H,20,21,22,23). The van der Waals surface area contributed by atoms with E-state index in [4.69, 9.17) is 0 Å². The van der Waals surface area contributed by atoms with Crippen molar-refractivity contribution in [3.8, 4) is 11.4 Å². The summed E-state index contributed by atoms with van der Waals surface area (Å²) < 4.78 is 52.1. The second-order valence-electron chi connectivity index (χ2n) is 6.12.